The third-order valence-electron chi connectivity index (χ3n) is 3.05. The summed E-state index contributed by atoms with van der Waals surface area (Å²) >= 11 is 1.58. The first-order valence-corrected chi connectivity index (χ1v) is 7.96. The van der Waals surface area contributed by atoms with Gasteiger partial charge < -0.3 is 10.4 Å². The summed E-state index contributed by atoms with van der Waals surface area (Å²) in [6.07, 6.45) is 4.10. The Labute approximate surface area is 125 Å². The van der Waals surface area contributed by atoms with Crippen molar-refractivity contribution in [3.8, 4) is 0 Å². The Bertz CT molecular complexity index is 404. The van der Waals surface area contributed by atoms with Gasteiger partial charge in [0, 0.05) is 30.8 Å². The molecule has 0 aliphatic heterocycles. The van der Waals surface area contributed by atoms with Gasteiger partial charge in [0.05, 0.1) is 5.75 Å². The van der Waals surface area contributed by atoms with Gasteiger partial charge in [-0.15, -0.1) is 11.8 Å². The second kappa shape index (κ2) is 8.27. The minimum atomic E-state index is -0.0475. The van der Waals surface area contributed by atoms with Crippen molar-refractivity contribution in [2.24, 2.45) is 5.41 Å². The van der Waals surface area contributed by atoms with Crippen LogP contribution in [0.5, 0.6) is 0 Å². The van der Waals surface area contributed by atoms with Gasteiger partial charge >= 0.3 is 0 Å². The smallest absolute Gasteiger partial charge is 0.230 e. The molecule has 0 saturated carbocycles. The number of amides is 1. The van der Waals surface area contributed by atoms with Crippen molar-refractivity contribution in [1.82, 2.24) is 10.3 Å². The number of carbonyl (C=O) groups excluding carboxylic acids is 1. The predicted octanol–water partition coefficient (Wildman–Crippen LogP) is 2.23. The lowest BCUT2D eigenvalue weighted by Gasteiger charge is -2.31. The van der Waals surface area contributed by atoms with Crippen LogP contribution in [0, 0.1) is 5.41 Å². The van der Waals surface area contributed by atoms with Crippen LogP contribution in [-0.2, 0) is 10.5 Å². The van der Waals surface area contributed by atoms with E-state index in [1.807, 2.05) is 12.1 Å². The number of rotatable bonds is 7. The number of carbonyl (C=O) groups is 1. The molecule has 4 nitrogen and oxygen atoms in total. The third-order valence-corrected chi connectivity index (χ3v) is 4.05. The molecule has 1 aromatic rings. The van der Waals surface area contributed by atoms with E-state index in [2.05, 4.69) is 31.1 Å². The molecule has 0 bridgehead atoms. The van der Waals surface area contributed by atoms with Crippen molar-refractivity contribution in [3.63, 3.8) is 0 Å². The molecule has 0 saturated heterocycles. The molecule has 1 unspecified atom stereocenters. The Morgan fingerprint density at radius 2 is 2.05 bits per heavy atom. The summed E-state index contributed by atoms with van der Waals surface area (Å²) in [4.78, 5) is 15.9. The van der Waals surface area contributed by atoms with Crippen molar-refractivity contribution in [2.45, 2.75) is 39.0 Å². The molecular formula is C15H24N2O2S. The number of pyridine rings is 1. The second-order valence-electron chi connectivity index (χ2n) is 5.85. The average molecular weight is 296 g/mol. The summed E-state index contributed by atoms with van der Waals surface area (Å²) in [5.41, 5.74) is 1.12. The molecule has 1 heterocycles. The van der Waals surface area contributed by atoms with Crippen LogP contribution in [0.3, 0.4) is 0 Å². The highest BCUT2D eigenvalue weighted by Gasteiger charge is 2.25. The minimum absolute atomic E-state index is 0.00141. The normalized spacial score (nSPS) is 13.0. The molecule has 0 spiro atoms. The topological polar surface area (TPSA) is 62.2 Å². The van der Waals surface area contributed by atoms with Crippen LogP contribution in [0.1, 0.15) is 32.8 Å². The largest absolute Gasteiger partial charge is 0.396 e. The van der Waals surface area contributed by atoms with Gasteiger partial charge in [0.25, 0.3) is 0 Å². The molecule has 20 heavy (non-hydrogen) atoms. The van der Waals surface area contributed by atoms with E-state index in [1.165, 1.54) is 5.56 Å². The van der Waals surface area contributed by atoms with Crippen molar-refractivity contribution >= 4 is 17.7 Å². The van der Waals surface area contributed by atoms with Crippen molar-refractivity contribution in [1.29, 1.82) is 0 Å². The number of aliphatic hydroxyl groups is 1. The molecule has 0 aliphatic rings. The Hall–Kier alpha value is -1.07. The van der Waals surface area contributed by atoms with Crippen LogP contribution in [0.15, 0.2) is 24.5 Å². The van der Waals surface area contributed by atoms with Crippen LogP contribution < -0.4 is 5.32 Å². The minimum Gasteiger partial charge on any atom is -0.396 e. The van der Waals surface area contributed by atoms with Crippen LogP contribution in [0.4, 0.5) is 0 Å². The molecule has 0 radical (unpaired) electrons. The Kier molecular flexibility index (Phi) is 7.02. The lowest BCUT2D eigenvalue weighted by Crippen LogP contribution is -2.45. The van der Waals surface area contributed by atoms with E-state index < -0.39 is 0 Å². The fraction of sp³-hybridized carbons (Fsp3) is 0.600. The summed E-state index contributed by atoms with van der Waals surface area (Å²) in [5, 5.41) is 12.1. The number of nitrogens with zero attached hydrogens (tertiary/aromatic N) is 1. The Morgan fingerprint density at radius 3 is 2.60 bits per heavy atom. The van der Waals surface area contributed by atoms with Gasteiger partial charge in [0.15, 0.2) is 0 Å². The van der Waals surface area contributed by atoms with Crippen molar-refractivity contribution in [3.05, 3.63) is 30.1 Å². The molecule has 0 fully saturated rings. The maximum atomic E-state index is 11.9. The van der Waals surface area contributed by atoms with E-state index >= 15 is 0 Å². The zero-order chi connectivity index (χ0) is 15.0. The molecule has 0 aliphatic carbocycles. The van der Waals surface area contributed by atoms with Crippen LogP contribution in [0.25, 0.3) is 0 Å². The first-order valence-electron chi connectivity index (χ1n) is 6.80. The molecule has 1 rings (SSSR count). The van der Waals surface area contributed by atoms with Gasteiger partial charge in [-0.25, -0.2) is 0 Å². The maximum absolute atomic E-state index is 11.9. The zero-order valence-electron chi connectivity index (χ0n) is 12.4. The van der Waals surface area contributed by atoms with E-state index in [1.54, 1.807) is 24.2 Å². The highest BCUT2D eigenvalue weighted by Crippen LogP contribution is 2.22. The monoisotopic (exact) mass is 296 g/mol. The van der Waals surface area contributed by atoms with Crippen LogP contribution >= 0.6 is 11.8 Å². The first kappa shape index (κ1) is 17.0. The number of nitrogens with one attached hydrogen (secondary N) is 1. The molecule has 2 N–H and O–H groups in total. The van der Waals surface area contributed by atoms with E-state index in [0.29, 0.717) is 12.2 Å². The summed E-state index contributed by atoms with van der Waals surface area (Å²) in [6, 6.07) is 3.91. The van der Waals surface area contributed by atoms with Crippen molar-refractivity contribution < 1.29 is 9.90 Å². The Balaban J connectivity index is 2.35. The fourth-order valence-corrected chi connectivity index (χ4v) is 2.63. The molecule has 112 valence electrons. The standard InChI is InChI=1S/C15H24N2O2S/c1-15(2,3)13(6-9-18)17-14(19)11-20-10-12-4-7-16-8-5-12/h4-5,7-8,13,18H,6,9-11H2,1-3H3,(H,17,19). The molecule has 0 aromatic carbocycles. The fourth-order valence-electron chi connectivity index (χ4n) is 1.83. The Morgan fingerprint density at radius 1 is 1.40 bits per heavy atom. The highest BCUT2D eigenvalue weighted by atomic mass is 32.2. The quantitative estimate of drug-likeness (QED) is 0.810. The third kappa shape index (κ3) is 6.39. The zero-order valence-corrected chi connectivity index (χ0v) is 13.2. The van der Waals surface area contributed by atoms with E-state index in [9.17, 15) is 4.79 Å². The van der Waals surface area contributed by atoms with Gasteiger partial charge in [-0.05, 0) is 29.5 Å². The van der Waals surface area contributed by atoms with Gasteiger partial charge in [-0.2, -0.15) is 0 Å². The average Bonchev–Trinajstić information content (AvgIpc) is 2.38. The van der Waals surface area contributed by atoms with E-state index in [0.717, 1.165) is 5.75 Å². The lowest BCUT2D eigenvalue weighted by molar-refractivity contribution is -0.120. The summed E-state index contributed by atoms with van der Waals surface area (Å²) in [6.45, 7) is 6.29. The summed E-state index contributed by atoms with van der Waals surface area (Å²) in [5.74, 6) is 1.26. The van der Waals surface area contributed by atoms with Gasteiger partial charge in [-0.1, -0.05) is 20.8 Å². The number of aliphatic hydroxyl groups excluding tert-OH is 1. The highest BCUT2D eigenvalue weighted by molar-refractivity contribution is 7.99. The SMILES string of the molecule is CC(C)(C)C(CCO)NC(=O)CSCc1ccncc1. The van der Waals surface area contributed by atoms with Gasteiger partial charge in [0.1, 0.15) is 0 Å². The molecular weight excluding hydrogens is 272 g/mol. The molecule has 1 atom stereocenters. The summed E-state index contributed by atoms with van der Waals surface area (Å²) < 4.78 is 0. The molecule has 1 amide bonds. The molecule has 1 aromatic heterocycles. The number of aromatic nitrogens is 1. The predicted molar refractivity (Wildman–Crippen MR) is 83.5 cm³/mol. The van der Waals surface area contributed by atoms with E-state index in [-0.39, 0.29) is 24.0 Å². The number of thioether (sulfide) groups is 1. The van der Waals surface area contributed by atoms with E-state index in [4.69, 9.17) is 5.11 Å². The van der Waals surface area contributed by atoms with Gasteiger partial charge in [-0.3, -0.25) is 9.78 Å². The number of hydrogen-bond donors (Lipinski definition) is 2. The van der Waals surface area contributed by atoms with Crippen LogP contribution in [0.2, 0.25) is 0 Å². The summed E-state index contributed by atoms with van der Waals surface area (Å²) in [7, 11) is 0. The second-order valence-corrected chi connectivity index (χ2v) is 6.83. The lowest BCUT2D eigenvalue weighted by atomic mass is 9.85. The maximum Gasteiger partial charge on any atom is 0.230 e. The van der Waals surface area contributed by atoms with Crippen molar-refractivity contribution in [2.75, 3.05) is 12.4 Å². The first-order chi connectivity index (χ1) is 9.43. The van der Waals surface area contributed by atoms with Gasteiger partial charge in [0.2, 0.25) is 5.91 Å². The number of hydrogen-bond acceptors (Lipinski definition) is 4. The molecule has 5 heteroatoms. The van der Waals surface area contributed by atoms with Crippen LogP contribution in [-0.4, -0.2) is 34.4 Å².